The van der Waals surface area contributed by atoms with Crippen molar-refractivity contribution >= 4 is 0 Å². The van der Waals surface area contributed by atoms with Crippen molar-refractivity contribution in [3.8, 4) is 11.5 Å². The standard InChI is InChI=1S/C10H12F2O2/c1-6(2)7-3-4-9(8(13)5-7)14-10(11)12/h3-6,10,13H,1-2H3. The van der Waals surface area contributed by atoms with Crippen molar-refractivity contribution in [2.75, 3.05) is 0 Å². The molecule has 4 heteroatoms. The zero-order chi connectivity index (χ0) is 10.7. The molecule has 0 aromatic heterocycles. The van der Waals surface area contributed by atoms with E-state index in [1.807, 2.05) is 13.8 Å². The van der Waals surface area contributed by atoms with Crippen LogP contribution in [0.2, 0.25) is 0 Å². The van der Waals surface area contributed by atoms with E-state index >= 15 is 0 Å². The van der Waals surface area contributed by atoms with Crippen LogP contribution in [-0.4, -0.2) is 11.7 Å². The second kappa shape index (κ2) is 4.26. The van der Waals surface area contributed by atoms with Gasteiger partial charge in [-0.3, -0.25) is 0 Å². The molecule has 0 unspecified atom stereocenters. The molecule has 0 aliphatic carbocycles. The lowest BCUT2D eigenvalue weighted by Gasteiger charge is -2.10. The van der Waals surface area contributed by atoms with Gasteiger partial charge in [0.2, 0.25) is 0 Å². The number of benzene rings is 1. The number of hydrogen-bond acceptors (Lipinski definition) is 2. The first-order valence-corrected chi connectivity index (χ1v) is 4.28. The molecule has 1 aromatic rings. The summed E-state index contributed by atoms with van der Waals surface area (Å²) in [6, 6.07) is 4.43. The molecule has 2 nitrogen and oxygen atoms in total. The number of phenolic OH excluding ortho intramolecular Hbond substituents is 1. The van der Waals surface area contributed by atoms with E-state index in [-0.39, 0.29) is 17.4 Å². The molecule has 0 atom stereocenters. The van der Waals surface area contributed by atoms with E-state index in [1.165, 1.54) is 12.1 Å². The summed E-state index contributed by atoms with van der Waals surface area (Å²) in [5.41, 5.74) is 0.879. The maximum Gasteiger partial charge on any atom is 0.387 e. The first-order chi connectivity index (χ1) is 6.50. The first kappa shape index (κ1) is 10.8. The molecule has 0 aliphatic heterocycles. The summed E-state index contributed by atoms with van der Waals surface area (Å²) in [6.45, 7) is 0.982. The Hall–Kier alpha value is -1.32. The van der Waals surface area contributed by atoms with Gasteiger partial charge in [0.05, 0.1) is 0 Å². The van der Waals surface area contributed by atoms with Crippen LogP contribution in [0.1, 0.15) is 25.3 Å². The van der Waals surface area contributed by atoms with Crippen molar-refractivity contribution in [3.63, 3.8) is 0 Å². The minimum Gasteiger partial charge on any atom is -0.504 e. The predicted molar refractivity (Wildman–Crippen MR) is 48.8 cm³/mol. The summed E-state index contributed by atoms with van der Waals surface area (Å²) < 4.78 is 27.7. The van der Waals surface area contributed by atoms with Gasteiger partial charge in [-0.2, -0.15) is 8.78 Å². The van der Waals surface area contributed by atoms with Gasteiger partial charge < -0.3 is 9.84 Å². The number of alkyl halides is 2. The van der Waals surface area contributed by atoms with Gasteiger partial charge in [0.15, 0.2) is 11.5 Å². The summed E-state index contributed by atoms with van der Waals surface area (Å²) >= 11 is 0. The van der Waals surface area contributed by atoms with E-state index in [1.54, 1.807) is 6.07 Å². The molecule has 14 heavy (non-hydrogen) atoms. The molecule has 1 aromatic carbocycles. The number of halogens is 2. The molecular formula is C10H12F2O2. The highest BCUT2D eigenvalue weighted by molar-refractivity contribution is 5.42. The summed E-state index contributed by atoms with van der Waals surface area (Å²) in [5, 5.41) is 9.33. The van der Waals surface area contributed by atoms with E-state index in [9.17, 15) is 13.9 Å². The third kappa shape index (κ3) is 2.58. The lowest BCUT2D eigenvalue weighted by Crippen LogP contribution is -2.02. The molecule has 0 saturated heterocycles. The first-order valence-electron chi connectivity index (χ1n) is 4.28. The molecule has 0 radical (unpaired) electrons. The highest BCUT2D eigenvalue weighted by Gasteiger charge is 2.10. The van der Waals surface area contributed by atoms with E-state index in [0.29, 0.717) is 0 Å². The summed E-state index contributed by atoms with van der Waals surface area (Å²) in [7, 11) is 0. The van der Waals surface area contributed by atoms with Gasteiger partial charge in [0.1, 0.15) is 0 Å². The second-order valence-electron chi connectivity index (χ2n) is 3.26. The number of aromatic hydroxyl groups is 1. The average molecular weight is 202 g/mol. The molecule has 0 saturated carbocycles. The molecule has 1 rings (SSSR count). The van der Waals surface area contributed by atoms with E-state index in [2.05, 4.69) is 4.74 Å². The smallest absolute Gasteiger partial charge is 0.387 e. The zero-order valence-corrected chi connectivity index (χ0v) is 8.00. The van der Waals surface area contributed by atoms with Crippen molar-refractivity contribution < 1.29 is 18.6 Å². The fourth-order valence-corrected chi connectivity index (χ4v) is 1.09. The van der Waals surface area contributed by atoms with Crippen LogP contribution in [0.15, 0.2) is 18.2 Å². The summed E-state index contributed by atoms with van der Waals surface area (Å²) in [4.78, 5) is 0. The van der Waals surface area contributed by atoms with Crippen LogP contribution in [0.5, 0.6) is 11.5 Å². The van der Waals surface area contributed by atoms with Gasteiger partial charge in [-0.25, -0.2) is 0 Å². The maximum atomic E-state index is 11.8. The molecule has 0 bridgehead atoms. The normalized spacial score (nSPS) is 11.0. The molecule has 0 heterocycles. The third-order valence-corrected chi connectivity index (χ3v) is 1.87. The SMILES string of the molecule is CC(C)c1ccc(OC(F)F)c(O)c1. The lowest BCUT2D eigenvalue weighted by molar-refractivity contribution is -0.0512. The summed E-state index contributed by atoms with van der Waals surface area (Å²) in [5.74, 6) is -0.206. The summed E-state index contributed by atoms with van der Waals surface area (Å²) in [6.07, 6.45) is 0. The average Bonchev–Trinajstić information content (AvgIpc) is 2.07. The van der Waals surface area contributed by atoms with E-state index in [0.717, 1.165) is 5.56 Å². The minimum atomic E-state index is -2.91. The number of ether oxygens (including phenoxy) is 1. The minimum absolute atomic E-state index is 0.190. The van der Waals surface area contributed by atoms with Gasteiger partial charge >= 0.3 is 6.61 Å². The zero-order valence-electron chi connectivity index (χ0n) is 8.00. The van der Waals surface area contributed by atoms with Gasteiger partial charge in [0.25, 0.3) is 0 Å². The molecule has 0 amide bonds. The molecule has 0 fully saturated rings. The van der Waals surface area contributed by atoms with E-state index < -0.39 is 6.61 Å². The Morgan fingerprint density at radius 3 is 2.36 bits per heavy atom. The van der Waals surface area contributed by atoms with Gasteiger partial charge in [-0.05, 0) is 23.6 Å². The fourth-order valence-electron chi connectivity index (χ4n) is 1.09. The molecule has 1 N–H and O–H groups in total. The van der Waals surface area contributed by atoms with Crippen LogP contribution >= 0.6 is 0 Å². The van der Waals surface area contributed by atoms with Crippen LogP contribution in [-0.2, 0) is 0 Å². The quantitative estimate of drug-likeness (QED) is 0.815. The van der Waals surface area contributed by atoms with Gasteiger partial charge in [0, 0.05) is 0 Å². The van der Waals surface area contributed by atoms with Gasteiger partial charge in [-0.15, -0.1) is 0 Å². The molecule has 0 spiro atoms. The molecular weight excluding hydrogens is 190 g/mol. The van der Waals surface area contributed by atoms with Crippen molar-refractivity contribution in [2.45, 2.75) is 26.4 Å². The van der Waals surface area contributed by atoms with E-state index in [4.69, 9.17) is 0 Å². The van der Waals surface area contributed by atoms with Gasteiger partial charge in [-0.1, -0.05) is 19.9 Å². The maximum absolute atomic E-state index is 11.8. The fraction of sp³-hybridized carbons (Fsp3) is 0.400. The molecule has 78 valence electrons. The van der Waals surface area contributed by atoms with Crippen LogP contribution in [0.25, 0.3) is 0 Å². The Morgan fingerprint density at radius 1 is 1.29 bits per heavy atom. The highest BCUT2D eigenvalue weighted by atomic mass is 19.3. The van der Waals surface area contributed by atoms with Crippen molar-refractivity contribution in [2.24, 2.45) is 0 Å². The number of phenols is 1. The number of rotatable bonds is 3. The van der Waals surface area contributed by atoms with Crippen molar-refractivity contribution in [1.82, 2.24) is 0 Å². The lowest BCUT2D eigenvalue weighted by atomic mass is 10.0. The third-order valence-electron chi connectivity index (χ3n) is 1.87. The Labute approximate surface area is 81.1 Å². The van der Waals surface area contributed by atoms with Crippen LogP contribution in [0.4, 0.5) is 8.78 Å². The van der Waals surface area contributed by atoms with Crippen LogP contribution in [0.3, 0.4) is 0 Å². The van der Waals surface area contributed by atoms with Crippen LogP contribution in [0, 0.1) is 0 Å². The van der Waals surface area contributed by atoms with Crippen LogP contribution < -0.4 is 4.74 Å². The number of hydrogen-bond donors (Lipinski definition) is 1. The predicted octanol–water partition coefficient (Wildman–Crippen LogP) is 3.12. The van der Waals surface area contributed by atoms with Crippen molar-refractivity contribution in [3.05, 3.63) is 23.8 Å². The Morgan fingerprint density at radius 2 is 1.93 bits per heavy atom. The Bertz CT molecular complexity index is 311. The molecule has 0 aliphatic rings. The van der Waals surface area contributed by atoms with Crippen molar-refractivity contribution in [1.29, 1.82) is 0 Å². The Balaban J connectivity index is 2.90. The second-order valence-corrected chi connectivity index (χ2v) is 3.26. The largest absolute Gasteiger partial charge is 0.504 e. The highest BCUT2D eigenvalue weighted by Crippen LogP contribution is 2.30. The topological polar surface area (TPSA) is 29.5 Å². The monoisotopic (exact) mass is 202 g/mol. The Kier molecular flexibility index (Phi) is 3.28.